The van der Waals surface area contributed by atoms with Crippen LogP contribution in [0.15, 0.2) is 60.7 Å². The van der Waals surface area contributed by atoms with Crippen molar-refractivity contribution in [3.8, 4) is 11.8 Å². The van der Waals surface area contributed by atoms with Crippen LogP contribution in [0, 0.1) is 11.8 Å². The molecule has 2 aromatic rings. The van der Waals surface area contributed by atoms with E-state index < -0.39 is 8.32 Å². The van der Waals surface area contributed by atoms with Crippen molar-refractivity contribution in [2.75, 3.05) is 13.2 Å². The minimum absolute atomic E-state index is 0.00613. The average Bonchev–Trinajstić information content (AvgIpc) is 2.86. The van der Waals surface area contributed by atoms with E-state index in [9.17, 15) is 0 Å². The fourth-order valence-corrected chi connectivity index (χ4v) is 9.64. The van der Waals surface area contributed by atoms with Gasteiger partial charge in [-0.2, -0.15) is 0 Å². The molecule has 0 heterocycles. The van der Waals surface area contributed by atoms with Crippen molar-refractivity contribution < 1.29 is 9.53 Å². The van der Waals surface area contributed by atoms with Crippen LogP contribution in [0.4, 0.5) is 0 Å². The van der Waals surface area contributed by atoms with Gasteiger partial charge in [0.25, 0.3) is 8.32 Å². The Morgan fingerprint density at radius 3 is 1.49 bits per heavy atom. The molecule has 2 nitrogen and oxygen atoms in total. The molecule has 0 saturated carbocycles. The highest BCUT2D eigenvalue weighted by Gasteiger charge is 2.49. The van der Waals surface area contributed by atoms with Crippen LogP contribution in [0.1, 0.15) is 97.8 Å². The lowest BCUT2D eigenvalue weighted by Gasteiger charge is -2.43. The monoisotopic (exact) mass is 492 g/mol. The number of hydrogen-bond acceptors (Lipinski definition) is 2. The van der Waals surface area contributed by atoms with Crippen LogP contribution in [0.3, 0.4) is 0 Å². The van der Waals surface area contributed by atoms with Gasteiger partial charge in [0.15, 0.2) is 0 Å². The number of hydrogen-bond donors (Lipinski definition) is 1. The van der Waals surface area contributed by atoms with Crippen LogP contribution in [0.25, 0.3) is 0 Å². The molecule has 0 atom stereocenters. The minimum Gasteiger partial charge on any atom is -0.407 e. The van der Waals surface area contributed by atoms with Crippen LogP contribution in [-0.2, 0) is 4.43 Å². The summed E-state index contributed by atoms with van der Waals surface area (Å²) in [5, 5.41) is 11.4. The fourth-order valence-electron chi connectivity index (χ4n) is 5.04. The zero-order chi connectivity index (χ0) is 25.2. The summed E-state index contributed by atoms with van der Waals surface area (Å²) in [6.07, 6.45) is 15.2. The molecule has 0 saturated heterocycles. The summed E-state index contributed by atoms with van der Waals surface area (Å²) in [5.74, 6) is 5.72. The molecule has 2 aromatic carbocycles. The molecule has 0 unspecified atom stereocenters. The van der Waals surface area contributed by atoms with E-state index in [-0.39, 0.29) is 11.6 Å². The maximum atomic E-state index is 8.64. The summed E-state index contributed by atoms with van der Waals surface area (Å²) in [5.41, 5.74) is 0. The second-order valence-electron chi connectivity index (χ2n) is 10.7. The maximum absolute atomic E-state index is 8.64. The smallest absolute Gasteiger partial charge is 0.261 e. The van der Waals surface area contributed by atoms with Gasteiger partial charge in [-0.1, -0.05) is 145 Å². The third-order valence-electron chi connectivity index (χ3n) is 6.89. The summed E-state index contributed by atoms with van der Waals surface area (Å²) in [6.45, 7) is 7.89. The zero-order valence-electron chi connectivity index (χ0n) is 22.5. The first-order chi connectivity index (χ1) is 17.0. The number of aliphatic hydroxyl groups is 1. The minimum atomic E-state index is -2.37. The molecule has 1 N–H and O–H groups in total. The third-order valence-corrected chi connectivity index (χ3v) is 11.9. The molecule has 0 radical (unpaired) electrons. The standard InChI is InChI=1S/C32H48O2Si/c1-32(2,3)35(30-24-18-16-19-25-30,31-26-20-17-21-27-31)34-29-23-15-13-11-9-7-5-4-6-8-10-12-14-22-28-33/h16-21,24-27,33H,4-13,15,23,28-29H2,1-3H3. The molecular weight excluding hydrogens is 444 g/mol. The Bertz CT molecular complexity index is 806. The molecular formula is C32H48O2Si. The third kappa shape index (κ3) is 9.96. The summed E-state index contributed by atoms with van der Waals surface area (Å²) in [6, 6.07) is 21.9. The Hall–Kier alpha value is -1.86. The second kappa shape index (κ2) is 16.7. The van der Waals surface area contributed by atoms with Gasteiger partial charge in [-0.3, -0.25) is 0 Å². The van der Waals surface area contributed by atoms with E-state index in [1.807, 2.05) is 0 Å². The molecule has 0 aromatic heterocycles. The molecule has 0 aliphatic rings. The Morgan fingerprint density at radius 2 is 1.06 bits per heavy atom. The molecule has 2 rings (SSSR count). The largest absolute Gasteiger partial charge is 0.407 e. The van der Waals surface area contributed by atoms with Crippen molar-refractivity contribution >= 4 is 18.7 Å². The van der Waals surface area contributed by atoms with Crippen molar-refractivity contribution in [3.05, 3.63) is 60.7 Å². The maximum Gasteiger partial charge on any atom is 0.261 e. The van der Waals surface area contributed by atoms with E-state index >= 15 is 0 Å². The fraction of sp³-hybridized carbons (Fsp3) is 0.562. The molecule has 0 aliphatic carbocycles. The average molecular weight is 493 g/mol. The van der Waals surface area contributed by atoms with E-state index in [2.05, 4.69) is 93.3 Å². The molecule has 0 amide bonds. The lowest BCUT2D eigenvalue weighted by atomic mass is 10.1. The van der Waals surface area contributed by atoms with E-state index in [1.54, 1.807) is 0 Å². The van der Waals surface area contributed by atoms with Gasteiger partial charge in [-0.25, -0.2) is 0 Å². The van der Waals surface area contributed by atoms with Gasteiger partial charge in [0.2, 0.25) is 0 Å². The number of aliphatic hydroxyl groups excluding tert-OH is 1. The van der Waals surface area contributed by atoms with Crippen LogP contribution in [-0.4, -0.2) is 26.6 Å². The quantitative estimate of drug-likeness (QED) is 0.152. The molecule has 0 aliphatic heterocycles. The Morgan fingerprint density at radius 1 is 0.629 bits per heavy atom. The molecule has 3 heteroatoms. The van der Waals surface area contributed by atoms with Crippen LogP contribution in [0.2, 0.25) is 5.04 Å². The summed E-state index contributed by atoms with van der Waals surface area (Å²) in [4.78, 5) is 0. The van der Waals surface area contributed by atoms with Gasteiger partial charge in [-0.05, 0) is 28.3 Å². The van der Waals surface area contributed by atoms with Gasteiger partial charge in [0, 0.05) is 13.0 Å². The first-order valence-electron chi connectivity index (χ1n) is 13.8. The van der Waals surface area contributed by atoms with Crippen LogP contribution >= 0.6 is 0 Å². The van der Waals surface area contributed by atoms with E-state index in [0.717, 1.165) is 19.4 Å². The number of unbranched alkanes of at least 4 members (excludes halogenated alkanes) is 11. The predicted octanol–water partition coefficient (Wildman–Crippen LogP) is 7.24. The molecule has 0 bridgehead atoms. The first kappa shape index (κ1) is 29.4. The van der Waals surface area contributed by atoms with Crippen molar-refractivity contribution in [1.29, 1.82) is 0 Å². The van der Waals surface area contributed by atoms with Gasteiger partial charge < -0.3 is 9.53 Å². The van der Waals surface area contributed by atoms with Crippen LogP contribution in [0.5, 0.6) is 0 Å². The van der Waals surface area contributed by atoms with Gasteiger partial charge in [0.05, 0.1) is 0 Å². The van der Waals surface area contributed by atoms with E-state index in [1.165, 1.54) is 74.6 Å². The lowest BCUT2D eigenvalue weighted by Crippen LogP contribution is -2.66. The van der Waals surface area contributed by atoms with Gasteiger partial charge >= 0.3 is 0 Å². The van der Waals surface area contributed by atoms with Crippen molar-refractivity contribution in [2.45, 2.75) is 103 Å². The van der Waals surface area contributed by atoms with E-state index in [0.29, 0.717) is 0 Å². The SMILES string of the molecule is CC(C)(C)[Si](OCCCCCCCCCCCCCC#CCO)(c1ccccc1)c1ccccc1. The topological polar surface area (TPSA) is 29.5 Å². The Balaban J connectivity index is 1.70. The Labute approximate surface area is 216 Å². The highest BCUT2D eigenvalue weighted by molar-refractivity contribution is 6.99. The normalized spacial score (nSPS) is 11.8. The summed E-state index contributed by atoms with van der Waals surface area (Å²) < 4.78 is 7.00. The summed E-state index contributed by atoms with van der Waals surface area (Å²) >= 11 is 0. The van der Waals surface area contributed by atoms with Crippen molar-refractivity contribution in [1.82, 2.24) is 0 Å². The molecule has 192 valence electrons. The predicted molar refractivity (Wildman–Crippen MR) is 154 cm³/mol. The Kier molecular flexibility index (Phi) is 14.0. The highest BCUT2D eigenvalue weighted by atomic mass is 28.4. The lowest BCUT2D eigenvalue weighted by molar-refractivity contribution is 0.286. The molecule has 0 fully saturated rings. The zero-order valence-corrected chi connectivity index (χ0v) is 23.5. The second-order valence-corrected chi connectivity index (χ2v) is 15.0. The van der Waals surface area contributed by atoms with Crippen molar-refractivity contribution in [2.24, 2.45) is 0 Å². The first-order valence-corrected chi connectivity index (χ1v) is 15.7. The molecule has 0 spiro atoms. The number of benzene rings is 2. The van der Waals surface area contributed by atoms with E-state index in [4.69, 9.17) is 9.53 Å². The van der Waals surface area contributed by atoms with Crippen molar-refractivity contribution in [3.63, 3.8) is 0 Å². The summed E-state index contributed by atoms with van der Waals surface area (Å²) in [7, 11) is -2.37. The van der Waals surface area contributed by atoms with Gasteiger partial charge in [0.1, 0.15) is 6.61 Å². The number of rotatable bonds is 16. The van der Waals surface area contributed by atoms with Crippen LogP contribution < -0.4 is 10.4 Å². The molecule has 35 heavy (non-hydrogen) atoms. The van der Waals surface area contributed by atoms with Gasteiger partial charge in [-0.15, -0.1) is 5.92 Å². The highest BCUT2D eigenvalue weighted by Crippen LogP contribution is 2.36.